The molecule has 0 radical (unpaired) electrons. The van der Waals surface area contributed by atoms with Crippen molar-refractivity contribution >= 4 is 49.6 Å². The molecule has 9 aromatic carbocycles. The quantitative estimate of drug-likeness (QED) is 0.162. The summed E-state index contributed by atoms with van der Waals surface area (Å²) >= 11 is 0. The average molecular weight is 689 g/mol. The lowest BCUT2D eigenvalue weighted by molar-refractivity contribution is 1.18. The van der Waals surface area contributed by atoms with Gasteiger partial charge in [0.25, 0.3) is 0 Å². The molecule has 0 saturated carbocycles. The number of benzene rings is 9. The van der Waals surface area contributed by atoms with Gasteiger partial charge in [-0.3, -0.25) is 0 Å². The number of rotatable bonds is 7. The standard InChI is InChI=1S/C52H36N2/c1-4-18-37(19-5-1)41-24-10-11-25-43(41)45-28-14-16-30-49(45)54(51-35-34-42(38-20-6-2-7-21-38)44-26-12-13-27-46(44)51)40-32-33-48-47-29-15-17-31-50(47)53(52(48)36-40)39-22-8-3-9-23-39/h1-36H. The molecule has 0 amide bonds. The van der Waals surface area contributed by atoms with Crippen molar-refractivity contribution in [2.24, 2.45) is 0 Å². The summed E-state index contributed by atoms with van der Waals surface area (Å²) in [6.07, 6.45) is 0. The smallest absolute Gasteiger partial charge is 0.0561 e. The number of aromatic nitrogens is 1. The molecule has 0 bridgehead atoms. The molecule has 1 aromatic heterocycles. The van der Waals surface area contributed by atoms with Crippen LogP contribution >= 0.6 is 0 Å². The Morgan fingerprint density at radius 3 is 1.57 bits per heavy atom. The monoisotopic (exact) mass is 688 g/mol. The van der Waals surface area contributed by atoms with Crippen molar-refractivity contribution in [3.63, 3.8) is 0 Å². The van der Waals surface area contributed by atoms with Crippen molar-refractivity contribution in [3.8, 4) is 39.1 Å². The van der Waals surface area contributed by atoms with Gasteiger partial charge in [0.1, 0.15) is 0 Å². The molecule has 0 aliphatic rings. The zero-order valence-electron chi connectivity index (χ0n) is 29.7. The molecule has 0 aliphatic carbocycles. The summed E-state index contributed by atoms with van der Waals surface area (Å²) < 4.78 is 2.40. The highest BCUT2D eigenvalue weighted by molar-refractivity contribution is 6.12. The van der Waals surface area contributed by atoms with Gasteiger partial charge in [-0.05, 0) is 75.7 Å². The van der Waals surface area contributed by atoms with Crippen LogP contribution in [-0.4, -0.2) is 4.57 Å². The summed E-state index contributed by atoms with van der Waals surface area (Å²) in [7, 11) is 0. The van der Waals surface area contributed by atoms with Gasteiger partial charge in [0.2, 0.25) is 0 Å². The summed E-state index contributed by atoms with van der Waals surface area (Å²) in [5, 5.41) is 4.87. The van der Waals surface area contributed by atoms with E-state index in [1.807, 2.05) is 0 Å². The van der Waals surface area contributed by atoms with E-state index in [1.54, 1.807) is 0 Å². The molecule has 0 fully saturated rings. The lowest BCUT2D eigenvalue weighted by Gasteiger charge is -2.30. The lowest BCUT2D eigenvalue weighted by atomic mass is 9.92. The normalized spacial score (nSPS) is 11.3. The van der Waals surface area contributed by atoms with Crippen molar-refractivity contribution in [2.45, 2.75) is 0 Å². The Morgan fingerprint density at radius 1 is 0.296 bits per heavy atom. The minimum atomic E-state index is 1.09. The summed E-state index contributed by atoms with van der Waals surface area (Å²) in [5.74, 6) is 0. The first-order chi connectivity index (χ1) is 26.8. The van der Waals surface area contributed by atoms with E-state index in [2.05, 4.69) is 228 Å². The minimum absolute atomic E-state index is 1.09. The lowest BCUT2D eigenvalue weighted by Crippen LogP contribution is -2.12. The first-order valence-electron chi connectivity index (χ1n) is 18.5. The van der Waals surface area contributed by atoms with Crippen molar-refractivity contribution in [1.82, 2.24) is 4.57 Å². The molecule has 0 unspecified atom stereocenters. The zero-order valence-corrected chi connectivity index (χ0v) is 29.7. The van der Waals surface area contributed by atoms with E-state index in [0.717, 1.165) is 33.8 Å². The fourth-order valence-corrected chi connectivity index (χ4v) is 8.19. The Morgan fingerprint density at radius 2 is 0.833 bits per heavy atom. The topological polar surface area (TPSA) is 8.17 Å². The summed E-state index contributed by atoms with van der Waals surface area (Å²) in [5.41, 5.74) is 14.0. The Kier molecular flexibility index (Phi) is 7.85. The fourth-order valence-electron chi connectivity index (χ4n) is 8.19. The van der Waals surface area contributed by atoms with Gasteiger partial charge >= 0.3 is 0 Å². The minimum Gasteiger partial charge on any atom is -0.309 e. The molecule has 0 aliphatic heterocycles. The van der Waals surface area contributed by atoms with Crippen molar-refractivity contribution in [1.29, 1.82) is 0 Å². The molecular formula is C52H36N2. The van der Waals surface area contributed by atoms with Crippen molar-refractivity contribution in [3.05, 3.63) is 218 Å². The molecule has 0 saturated heterocycles. The summed E-state index contributed by atoms with van der Waals surface area (Å²) in [6, 6.07) is 78.9. The molecule has 0 atom stereocenters. The molecule has 254 valence electrons. The van der Waals surface area contributed by atoms with Gasteiger partial charge in [-0.1, -0.05) is 176 Å². The highest BCUT2D eigenvalue weighted by Gasteiger charge is 2.23. The molecule has 54 heavy (non-hydrogen) atoms. The fraction of sp³-hybridized carbons (Fsp3) is 0. The predicted octanol–water partition coefficient (Wildman–Crippen LogP) is 14.4. The summed E-state index contributed by atoms with van der Waals surface area (Å²) in [6.45, 7) is 0. The third kappa shape index (κ3) is 5.36. The van der Waals surface area contributed by atoms with Crippen LogP contribution in [0.1, 0.15) is 0 Å². The molecule has 10 rings (SSSR count). The van der Waals surface area contributed by atoms with E-state index in [-0.39, 0.29) is 0 Å². The van der Waals surface area contributed by atoms with E-state index in [0.29, 0.717) is 0 Å². The molecule has 2 nitrogen and oxygen atoms in total. The molecular weight excluding hydrogens is 653 g/mol. The molecule has 0 N–H and O–H groups in total. The van der Waals surface area contributed by atoms with Crippen LogP contribution in [-0.2, 0) is 0 Å². The van der Waals surface area contributed by atoms with E-state index in [4.69, 9.17) is 0 Å². The van der Waals surface area contributed by atoms with Gasteiger partial charge in [0, 0.05) is 33.1 Å². The highest BCUT2D eigenvalue weighted by Crippen LogP contribution is 2.47. The molecule has 2 heteroatoms. The Labute approximate surface area is 315 Å². The van der Waals surface area contributed by atoms with E-state index >= 15 is 0 Å². The Bertz CT molecular complexity index is 2930. The maximum Gasteiger partial charge on any atom is 0.0561 e. The van der Waals surface area contributed by atoms with Gasteiger partial charge in [-0.25, -0.2) is 0 Å². The van der Waals surface area contributed by atoms with E-state index in [9.17, 15) is 0 Å². The van der Waals surface area contributed by atoms with Gasteiger partial charge in [-0.2, -0.15) is 0 Å². The Balaban J connectivity index is 1.28. The number of hydrogen-bond acceptors (Lipinski definition) is 1. The molecule has 10 aromatic rings. The van der Waals surface area contributed by atoms with Crippen LogP contribution in [0, 0.1) is 0 Å². The van der Waals surface area contributed by atoms with Crippen LogP contribution in [0.2, 0.25) is 0 Å². The van der Waals surface area contributed by atoms with Gasteiger partial charge in [-0.15, -0.1) is 0 Å². The third-order valence-corrected chi connectivity index (χ3v) is 10.6. The SMILES string of the molecule is c1ccc(-c2ccccc2-c2ccccc2N(c2ccc3c4ccccc4n(-c4ccccc4)c3c2)c2ccc(-c3ccccc3)c3ccccc23)cc1. The third-order valence-electron chi connectivity index (χ3n) is 10.6. The second kappa shape index (κ2) is 13.4. The van der Waals surface area contributed by atoms with Crippen molar-refractivity contribution < 1.29 is 0 Å². The average Bonchev–Trinajstić information content (AvgIpc) is 3.58. The van der Waals surface area contributed by atoms with Crippen LogP contribution in [0.15, 0.2) is 218 Å². The van der Waals surface area contributed by atoms with Crippen molar-refractivity contribution in [2.75, 3.05) is 4.90 Å². The maximum absolute atomic E-state index is 2.47. The van der Waals surface area contributed by atoms with E-state index < -0.39 is 0 Å². The van der Waals surface area contributed by atoms with Crippen LogP contribution in [0.3, 0.4) is 0 Å². The number of nitrogens with zero attached hydrogens (tertiary/aromatic N) is 2. The molecule has 1 heterocycles. The largest absolute Gasteiger partial charge is 0.309 e. The van der Waals surface area contributed by atoms with Gasteiger partial charge in [0.15, 0.2) is 0 Å². The number of anilines is 3. The highest BCUT2D eigenvalue weighted by atomic mass is 15.1. The Hall–Kier alpha value is -7.16. The zero-order chi connectivity index (χ0) is 35.8. The van der Waals surface area contributed by atoms with Crippen LogP contribution < -0.4 is 4.90 Å². The number of hydrogen-bond donors (Lipinski definition) is 0. The summed E-state index contributed by atoms with van der Waals surface area (Å²) in [4.78, 5) is 2.47. The second-order valence-corrected chi connectivity index (χ2v) is 13.7. The van der Waals surface area contributed by atoms with Crippen LogP contribution in [0.25, 0.3) is 71.6 Å². The van der Waals surface area contributed by atoms with Gasteiger partial charge in [0.05, 0.1) is 22.4 Å². The number of fused-ring (bicyclic) bond motifs is 4. The maximum atomic E-state index is 2.47. The van der Waals surface area contributed by atoms with Crippen LogP contribution in [0.5, 0.6) is 0 Å². The first-order valence-corrected chi connectivity index (χ1v) is 18.5. The van der Waals surface area contributed by atoms with Gasteiger partial charge < -0.3 is 9.47 Å². The first kappa shape index (κ1) is 31.6. The molecule has 0 spiro atoms. The second-order valence-electron chi connectivity index (χ2n) is 13.7. The predicted molar refractivity (Wildman–Crippen MR) is 229 cm³/mol. The van der Waals surface area contributed by atoms with E-state index in [1.165, 1.54) is 54.9 Å². The number of para-hydroxylation sites is 3. The van der Waals surface area contributed by atoms with Crippen LogP contribution in [0.4, 0.5) is 17.1 Å².